The van der Waals surface area contributed by atoms with E-state index in [9.17, 15) is 19.3 Å². The van der Waals surface area contributed by atoms with Gasteiger partial charge in [-0.05, 0) is 29.8 Å². The van der Waals surface area contributed by atoms with E-state index in [0.717, 1.165) is 0 Å². The molecule has 0 heterocycles. The number of hydrogen-bond acceptors (Lipinski definition) is 5. The van der Waals surface area contributed by atoms with Gasteiger partial charge in [0.05, 0.1) is 12.0 Å². The van der Waals surface area contributed by atoms with Crippen LogP contribution < -0.4 is 14.8 Å². The summed E-state index contributed by atoms with van der Waals surface area (Å²) in [6.07, 6.45) is -0.762. The second-order valence-electron chi connectivity index (χ2n) is 4.49. The van der Waals surface area contributed by atoms with Gasteiger partial charge in [0.1, 0.15) is 17.3 Å². The van der Waals surface area contributed by atoms with E-state index in [4.69, 9.17) is 9.47 Å². The number of amides is 1. The molecule has 1 amide bonds. The number of carbonyl (C=O) groups excluding carboxylic acids is 1. The lowest BCUT2D eigenvalue weighted by Crippen LogP contribution is -2.26. The van der Waals surface area contributed by atoms with E-state index in [1.165, 1.54) is 43.5 Å². The third-order valence-corrected chi connectivity index (χ3v) is 2.86. The van der Waals surface area contributed by atoms with Crippen molar-refractivity contribution in [3.63, 3.8) is 0 Å². The zero-order valence-electron chi connectivity index (χ0n) is 12.1. The molecule has 0 unspecified atom stereocenters. The average molecular weight is 320 g/mol. The lowest BCUT2D eigenvalue weighted by atomic mass is 10.2. The molecular weight excluding hydrogens is 307 g/mol. The van der Waals surface area contributed by atoms with Crippen molar-refractivity contribution in [2.24, 2.45) is 0 Å². The number of rotatable bonds is 5. The molecule has 0 atom stereocenters. The van der Waals surface area contributed by atoms with Crippen molar-refractivity contribution in [1.29, 1.82) is 0 Å². The van der Waals surface area contributed by atoms with Gasteiger partial charge in [-0.2, -0.15) is 0 Å². The number of nitro benzene ring substituents is 1. The summed E-state index contributed by atoms with van der Waals surface area (Å²) in [5.74, 6) is 0.0142. The Labute approximate surface area is 130 Å². The Kier molecular flexibility index (Phi) is 5.08. The summed E-state index contributed by atoms with van der Waals surface area (Å²) < 4.78 is 23.2. The molecule has 0 radical (unpaired) electrons. The van der Waals surface area contributed by atoms with Gasteiger partial charge < -0.3 is 14.8 Å². The minimum Gasteiger partial charge on any atom is -0.497 e. The van der Waals surface area contributed by atoms with Crippen LogP contribution in [0, 0.1) is 15.9 Å². The van der Waals surface area contributed by atoms with E-state index < -0.39 is 16.8 Å². The Morgan fingerprint density at radius 3 is 2.52 bits per heavy atom. The Balaban J connectivity index is 1.92. The number of nitrogens with one attached hydrogen (secondary N) is 1. The summed E-state index contributed by atoms with van der Waals surface area (Å²) in [5, 5.41) is 13.0. The molecule has 7 nitrogen and oxygen atoms in total. The van der Waals surface area contributed by atoms with Gasteiger partial charge in [0, 0.05) is 24.7 Å². The highest BCUT2D eigenvalue weighted by Gasteiger charge is 2.08. The molecule has 2 rings (SSSR count). The lowest BCUT2D eigenvalue weighted by molar-refractivity contribution is -0.384. The van der Waals surface area contributed by atoms with Crippen molar-refractivity contribution >= 4 is 11.8 Å². The number of nitro groups is 1. The van der Waals surface area contributed by atoms with Gasteiger partial charge in [0.25, 0.3) is 5.69 Å². The molecule has 8 heteroatoms. The molecule has 2 aromatic carbocycles. The number of non-ortho nitro benzene ring substituents is 1. The molecule has 0 aliphatic heterocycles. The van der Waals surface area contributed by atoms with Crippen LogP contribution in [-0.4, -0.2) is 18.1 Å². The summed E-state index contributed by atoms with van der Waals surface area (Å²) in [6, 6.07) is 9.12. The molecule has 0 fully saturated rings. The summed E-state index contributed by atoms with van der Waals surface area (Å²) >= 11 is 0. The Morgan fingerprint density at radius 2 is 1.91 bits per heavy atom. The van der Waals surface area contributed by atoms with Crippen molar-refractivity contribution in [1.82, 2.24) is 5.32 Å². The van der Waals surface area contributed by atoms with E-state index in [-0.39, 0.29) is 18.0 Å². The quantitative estimate of drug-likeness (QED) is 0.675. The Morgan fingerprint density at radius 1 is 1.22 bits per heavy atom. The highest BCUT2D eigenvalue weighted by atomic mass is 19.1. The van der Waals surface area contributed by atoms with Crippen LogP contribution in [0.15, 0.2) is 42.5 Å². The van der Waals surface area contributed by atoms with Crippen LogP contribution in [0.2, 0.25) is 0 Å². The number of nitrogens with zero attached hydrogens (tertiary/aromatic N) is 1. The van der Waals surface area contributed by atoms with Crippen LogP contribution in [0.4, 0.5) is 14.9 Å². The fourth-order valence-electron chi connectivity index (χ4n) is 1.79. The summed E-state index contributed by atoms with van der Waals surface area (Å²) in [5.41, 5.74) is 0.395. The third kappa shape index (κ3) is 4.67. The Bertz CT molecular complexity index is 718. The van der Waals surface area contributed by atoms with Gasteiger partial charge in [-0.15, -0.1) is 0 Å². The van der Waals surface area contributed by atoms with Crippen molar-refractivity contribution in [2.45, 2.75) is 6.54 Å². The molecule has 0 aliphatic rings. The van der Waals surface area contributed by atoms with Crippen molar-refractivity contribution in [2.75, 3.05) is 7.11 Å². The first-order chi connectivity index (χ1) is 11.0. The van der Waals surface area contributed by atoms with Crippen LogP contribution in [-0.2, 0) is 6.54 Å². The van der Waals surface area contributed by atoms with Gasteiger partial charge in [-0.1, -0.05) is 0 Å². The van der Waals surface area contributed by atoms with E-state index >= 15 is 0 Å². The van der Waals surface area contributed by atoms with Gasteiger partial charge in [-0.25, -0.2) is 9.18 Å². The van der Waals surface area contributed by atoms with Gasteiger partial charge >= 0.3 is 6.09 Å². The van der Waals surface area contributed by atoms with Crippen molar-refractivity contribution in [3.8, 4) is 11.5 Å². The highest BCUT2D eigenvalue weighted by Crippen LogP contribution is 2.18. The molecule has 23 heavy (non-hydrogen) atoms. The maximum Gasteiger partial charge on any atom is 0.412 e. The van der Waals surface area contributed by atoms with E-state index in [0.29, 0.717) is 11.3 Å². The molecule has 0 spiro atoms. The van der Waals surface area contributed by atoms with Crippen molar-refractivity contribution < 1.29 is 23.6 Å². The van der Waals surface area contributed by atoms with Crippen LogP contribution in [0.25, 0.3) is 0 Å². The number of ether oxygens (including phenoxy) is 2. The topological polar surface area (TPSA) is 90.7 Å². The smallest absolute Gasteiger partial charge is 0.412 e. The molecule has 1 N–H and O–H groups in total. The number of benzene rings is 2. The molecule has 0 saturated heterocycles. The lowest BCUT2D eigenvalue weighted by Gasteiger charge is -2.08. The van der Waals surface area contributed by atoms with Gasteiger partial charge in [-0.3, -0.25) is 10.1 Å². The fraction of sp³-hybridized carbons (Fsp3) is 0.133. The molecule has 0 aromatic heterocycles. The standard InChI is InChI=1S/C15H13FN2O5/c1-22-14-7-10(6-11(16)8-14)9-17-15(19)23-13-4-2-12(3-5-13)18(20)21/h2-8H,9H2,1H3,(H,17,19). The van der Waals surface area contributed by atoms with E-state index in [2.05, 4.69) is 5.32 Å². The van der Waals surface area contributed by atoms with Gasteiger partial charge in [0.2, 0.25) is 0 Å². The zero-order chi connectivity index (χ0) is 16.8. The maximum absolute atomic E-state index is 13.3. The zero-order valence-corrected chi connectivity index (χ0v) is 12.1. The summed E-state index contributed by atoms with van der Waals surface area (Å²) in [4.78, 5) is 21.6. The molecule has 0 aliphatic carbocycles. The highest BCUT2D eigenvalue weighted by molar-refractivity contribution is 5.70. The van der Waals surface area contributed by atoms with Crippen LogP contribution in [0.1, 0.15) is 5.56 Å². The maximum atomic E-state index is 13.3. The first-order valence-electron chi connectivity index (χ1n) is 6.51. The molecule has 2 aromatic rings. The number of halogens is 1. The monoisotopic (exact) mass is 320 g/mol. The minimum atomic E-state index is -0.762. The second-order valence-corrected chi connectivity index (χ2v) is 4.49. The van der Waals surface area contributed by atoms with E-state index in [1.54, 1.807) is 6.07 Å². The number of hydrogen-bond donors (Lipinski definition) is 1. The first kappa shape index (κ1) is 16.2. The summed E-state index contributed by atoms with van der Waals surface area (Å²) in [7, 11) is 1.41. The van der Waals surface area contributed by atoms with Crippen LogP contribution in [0.5, 0.6) is 11.5 Å². The number of methoxy groups -OCH3 is 1. The second kappa shape index (κ2) is 7.21. The largest absolute Gasteiger partial charge is 0.497 e. The molecular formula is C15H13FN2O5. The predicted molar refractivity (Wildman–Crippen MR) is 78.9 cm³/mol. The fourth-order valence-corrected chi connectivity index (χ4v) is 1.79. The average Bonchev–Trinajstić information content (AvgIpc) is 2.53. The summed E-state index contributed by atoms with van der Waals surface area (Å²) in [6.45, 7) is 0.0416. The predicted octanol–water partition coefficient (Wildman–Crippen LogP) is 3.03. The van der Waals surface area contributed by atoms with E-state index in [1.807, 2.05) is 0 Å². The van der Waals surface area contributed by atoms with Crippen LogP contribution in [0.3, 0.4) is 0 Å². The van der Waals surface area contributed by atoms with Crippen LogP contribution >= 0.6 is 0 Å². The normalized spacial score (nSPS) is 10.0. The van der Waals surface area contributed by atoms with Crippen molar-refractivity contribution in [3.05, 3.63) is 64.0 Å². The Hall–Kier alpha value is -3.16. The molecule has 0 bridgehead atoms. The third-order valence-electron chi connectivity index (χ3n) is 2.86. The SMILES string of the molecule is COc1cc(F)cc(CNC(=O)Oc2ccc([N+](=O)[O-])cc2)c1. The molecule has 0 saturated carbocycles. The number of carbonyl (C=O) groups is 1. The first-order valence-corrected chi connectivity index (χ1v) is 6.51. The van der Waals surface area contributed by atoms with Gasteiger partial charge in [0.15, 0.2) is 0 Å². The minimum absolute atomic E-state index is 0.0416. The molecule has 120 valence electrons.